The van der Waals surface area contributed by atoms with E-state index in [-0.39, 0.29) is 20.4 Å². The Kier molecular flexibility index (Phi) is 5.47. The van der Waals surface area contributed by atoms with Crippen molar-refractivity contribution in [3.05, 3.63) is 47.3 Å². The average Bonchev–Trinajstić information content (AvgIpc) is 3.05. The lowest BCUT2D eigenvalue weighted by Crippen LogP contribution is -2.39. The second kappa shape index (κ2) is 7.04. The molecule has 0 saturated carbocycles. The molecule has 1 heterocycles. The Morgan fingerprint density at radius 3 is 2.38 bits per heavy atom. The van der Waals surface area contributed by atoms with Crippen molar-refractivity contribution >= 4 is 27.1 Å². The molecule has 0 unspecified atom stereocenters. The highest BCUT2D eigenvalue weighted by molar-refractivity contribution is 7.93. The van der Waals surface area contributed by atoms with Crippen LogP contribution in [-0.4, -0.2) is 39.4 Å². The van der Waals surface area contributed by atoms with Crippen molar-refractivity contribution in [2.75, 3.05) is 20.1 Å². The molecule has 0 fully saturated rings. The summed E-state index contributed by atoms with van der Waals surface area (Å²) in [4.78, 5) is 14.7. The molecule has 7 heteroatoms. The summed E-state index contributed by atoms with van der Waals surface area (Å²) in [6, 6.07) is 11.3. The van der Waals surface area contributed by atoms with E-state index >= 15 is 0 Å². The zero-order valence-electron chi connectivity index (χ0n) is 14.0. The topological polar surface area (TPSA) is 80.5 Å². The van der Waals surface area contributed by atoms with Crippen molar-refractivity contribution < 1.29 is 13.2 Å². The minimum absolute atomic E-state index is 0.170. The van der Waals surface area contributed by atoms with E-state index in [1.54, 1.807) is 48.3 Å². The van der Waals surface area contributed by atoms with E-state index in [2.05, 4.69) is 0 Å². The first kappa shape index (κ1) is 18.6. The first-order valence-corrected chi connectivity index (χ1v) is 9.83. The molecular formula is C17H22N2O3S2. The zero-order valence-corrected chi connectivity index (χ0v) is 15.7. The molecule has 130 valence electrons. The summed E-state index contributed by atoms with van der Waals surface area (Å²) in [6.45, 7) is 4.93. The van der Waals surface area contributed by atoms with Crippen LogP contribution >= 0.6 is 11.3 Å². The number of rotatable bonds is 6. The van der Waals surface area contributed by atoms with E-state index in [1.165, 1.54) is 6.07 Å². The maximum atomic E-state index is 12.6. The summed E-state index contributed by atoms with van der Waals surface area (Å²) in [5.74, 6) is -0.198. The predicted octanol–water partition coefficient (Wildman–Crippen LogP) is 2.64. The quantitative estimate of drug-likeness (QED) is 0.852. The zero-order chi connectivity index (χ0) is 18.0. The third-order valence-corrected chi connectivity index (χ3v) is 7.01. The highest BCUT2D eigenvalue weighted by atomic mass is 32.2. The van der Waals surface area contributed by atoms with Gasteiger partial charge < -0.3 is 10.6 Å². The summed E-state index contributed by atoms with van der Waals surface area (Å²) in [5, 5.41) is 0. The Hall–Kier alpha value is -1.70. The Labute approximate surface area is 147 Å². The normalized spacial score (nSPS) is 12.2. The molecular weight excluding hydrogens is 344 g/mol. The van der Waals surface area contributed by atoms with E-state index in [4.69, 9.17) is 5.73 Å². The molecule has 2 N–H and O–H groups in total. The SMILES string of the molecule is CN(CC(C)(C)CN)C(=O)c1ccc(S(=O)(=O)c2ccccc2)s1. The average molecular weight is 367 g/mol. The summed E-state index contributed by atoms with van der Waals surface area (Å²) in [5.41, 5.74) is 5.51. The Morgan fingerprint density at radius 1 is 1.17 bits per heavy atom. The van der Waals surface area contributed by atoms with Crippen LogP contribution in [0.2, 0.25) is 0 Å². The number of nitrogens with two attached hydrogens (primary N) is 1. The van der Waals surface area contributed by atoms with Crippen LogP contribution in [0, 0.1) is 5.41 Å². The molecule has 0 saturated heterocycles. The molecule has 0 aliphatic rings. The van der Waals surface area contributed by atoms with Gasteiger partial charge in [-0.3, -0.25) is 4.79 Å². The van der Waals surface area contributed by atoms with E-state index in [0.717, 1.165) is 11.3 Å². The van der Waals surface area contributed by atoms with Crippen molar-refractivity contribution in [3.8, 4) is 0 Å². The lowest BCUT2D eigenvalue weighted by atomic mass is 9.93. The maximum absolute atomic E-state index is 12.6. The molecule has 5 nitrogen and oxygen atoms in total. The molecule has 2 rings (SSSR count). The van der Waals surface area contributed by atoms with E-state index in [1.807, 2.05) is 13.8 Å². The van der Waals surface area contributed by atoms with Gasteiger partial charge in [0.1, 0.15) is 4.21 Å². The number of hydrogen-bond donors (Lipinski definition) is 1. The lowest BCUT2D eigenvalue weighted by molar-refractivity contribution is 0.0745. The fourth-order valence-electron chi connectivity index (χ4n) is 2.26. The van der Waals surface area contributed by atoms with Gasteiger partial charge in [-0.15, -0.1) is 11.3 Å². The highest BCUT2D eigenvalue weighted by Gasteiger charge is 2.25. The molecule has 1 aromatic carbocycles. The second-order valence-corrected chi connectivity index (χ2v) is 9.73. The molecule has 0 aliphatic heterocycles. The third-order valence-electron chi connectivity index (χ3n) is 3.67. The Balaban J connectivity index is 2.23. The first-order chi connectivity index (χ1) is 11.2. The maximum Gasteiger partial charge on any atom is 0.263 e. The number of carbonyl (C=O) groups is 1. The van der Waals surface area contributed by atoms with Gasteiger partial charge in [0.15, 0.2) is 0 Å². The molecule has 0 radical (unpaired) electrons. The fourth-order valence-corrected chi connectivity index (χ4v) is 4.99. The van der Waals surface area contributed by atoms with Gasteiger partial charge in [-0.05, 0) is 36.2 Å². The van der Waals surface area contributed by atoms with Gasteiger partial charge in [0, 0.05) is 13.6 Å². The van der Waals surface area contributed by atoms with Gasteiger partial charge in [-0.2, -0.15) is 0 Å². The summed E-state index contributed by atoms with van der Waals surface area (Å²) in [6.07, 6.45) is 0. The van der Waals surface area contributed by atoms with E-state index < -0.39 is 9.84 Å². The predicted molar refractivity (Wildman–Crippen MR) is 96.0 cm³/mol. The Morgan fingerprint density at radius 2 is 1.79 bits per heavy atom. The molecule has 0 spiro atoms. The van der Waals surface area contributed by atoms with E-state index in [9.17, 15) is 13.2 Å². The van der Waals surface area contributed by atoms with Crippen LogP contribution in [0.4, 0.5) is 0 Å². The first-order valence-electron chi connectivity index (χ1n) is 7.53. The van der Waals surface area contributed by atoms with Crippen LogP contribution in [0.15, 0.2) is 51.6 Å². The minimum atomic E-state index is -3.59. The van der Waals surface area contributed by atoms with Crippen molar-refractivity contribution in [2.24, 2.45) is 11.1 Å². The van der Waals surface area contributed by atoms with Gasteiger partial charge in [0.25, 0.3) is 5.91 Å². The van der Waals surface area contributed by atoms with Crippen molar-refractivity contribution in [2.45, 2.75) is 23.0 Å². The molecule has 1 amide bonds. The minimum Gasteiger partial charge on any atom is -0.340 e. The fraction of sp³-hybridized carbons (Fsp3) is 0.353. The number of amides is 1. The number of hydrogen-bond acceptors (Lipinski definition) is 5. The van der Waals surface area contributed by atoms with Crippen LogP contribution in [0.3, 0.4) is 0 Å². The van der Waals surface area contributed by atoms with Gasteiger partial charge in [-0.1, -0.05) is 32.0 Å². The van der Waals surface area contributed by atoms with Gasteiger partial charge >= 0.3 is 0 Å². The number of sulfone groups is 1. The van der Waals surface area contributed by atoms with Gasteiger partial charge in [0.2, 0.25) is 9.84 Å². The summed E-state index contributed by atoms with van der Waals surface area (Å²) < 4.78 is 25.3. The van der Waals surface area contributed by atoms with Crippen LogP contribution in [0.1, 0.15) is 23.5 Å². The highest BCUT2D eigenvalue weighted by Crippen LogP contribution is 2.28. The van der Waals surface area contributed by atoms with Crippen molar-refractivity contribution in [1.29, 1.82) is 0 Å². The van der Waals surface area contributed by atoms with Crippen LogP contribution < -0.4 is 5.73 Å². The number of thiophene rings is 1. The molecule has 1 aromatic heterocycles. The standard InChI is InChI=1S/C17H22N2O3S2/c1-17(2,11-18)12-19(3)16(20)14-9-10-15(23-14)24(21,22)13-7-5-4-6-8-13/h4-10H,11-12,18H2,1-3H3. The largest absolute Gasteiger partial charge is 0.340 e. The van der Waals surface area contributed by atoms with Crippen molar-refractivity contribution in [1.82, 2.24) is 4.90 Å². The van der Waals surface area contributed by atoms with Crippen LogP contribution in [0.25, 0.3) is 0 Å². The van der Waals surface area contributed by atoms with Gasteiger partial charge in [-0.25, -0.2) is 8.42 Å². The van der Waals surface area contributed by atoms with Gasteiger partial charge in [0.05, 0.1) is 9.77 Å². The molecule has 0 atom stereocenters. The number of carbonyl (C=O) groups excluding carboxylic acids is 1. The van der Waals surface area contributed by atoms with Crippen molar-refractivity contribution in [3.63, 3.8) is 0 Å². The molecule has 0 bridgehead atoms. The Bertz CT molecular complexity index is 811. The van der Waals surface area contributed by atoms with Crippen LogP contribution in [-0.2, 0) is 9.84 Å². The summed E-state index contributed by atoms with van der Waals surface area (Å²) in [7, 11) is -1.89. The van der Waals surface area contributed by atoms with Crippen LogP contribution in [0.5, 0.6) is 0 Å². The molecule has 2 aromatic rings. The lowest BCUT2D eigenvalue weighted by Gasteiger charge is -2.28. The number of nitrogens with zero attached hydrogens (tertiary/aromatic N) is 1. The smallest absolute Gasteiger partial charge is 0.263 e. The molecule has 0 aliphatic carbocycles. The van der Waals surface area contributed by atoms with E-state index in [0.29, 0.717) is 18.0 Å². The molecule has 24 heavy (non-hydrogen) atoms. The second-order valence-electron chi connectivity index (χ2n) is 6.46. The monoisotopic (exact) mass is 366 g/mol. The summed E-state index contributed by atoms with van der Waals surface area (Å²) >= 11 is 0.994. The number of benzene rings is 1. The third kappa shape index (κ3) is 4.03.